The fourth-order valence-corrected chi connectivity index (χ4v) is 3.11. The summed E-state index contributed by atoms with van der Waals surface area (Å²) in [6.45, 7) is 0. The highest BCUT2D eigenvalue weighted by molar-refractivity contribution is 6.18. The van der Waals surface area contributed by atoms with Crippen LogP contribution < -0.4 is 0 Å². The highest BCUT2D eigenvalue weighted by atomic mass is 16.6. The van der Waals surface area contributed by atoms with E-state index in [4.69, 9.17) is 4.63 Å². The number of nitrogens with one attached hydrogen (secondary N) is 1. The van der Waals surface area contributed by atoms with Crippen molar-refractivity contribution in [1.29, 1.82) is 0 Å². The molecule has 1 N–H and O–H groups in total. The summed E-state index contributed by atoms with van der Waals surface area (Å²) in [6.07, 6.45) is 0. The van der Waals surface area contributed by atoms with Crippen molar-refractivity contribution < 1.29 is 14.5 Å². The van der Waals surface area contributed by atoms with E-state index < -0.39 is 21.2 Å². The molecule has 146 valence electrons. The van der Waals surface area contributed by atoms with Crippen molar-refractivity contribution in [1.82, 2.24) is 20.3 Å². The van der Waals surface area contributed by atoms with Crippen LogP contribution in [0.4, 0.5) is 22.7 Å². The topological polar surface area (TPSA) is 179 Å². The summed E-state index contributed by atoms with van der Waals surface area (Å²) in [5.41, 5.74) is 0.772. The second kappa shape index (κ2) is 6.37. The molecule has 0 fully saturated rings. The molecule has 3 aromatic carbocycles. The van der Waals surface area contributed by atoms with Crippen LogP contribution in [0.15, 0.2) is 57.3 Å². The van der Waals surface area contributed by atoms with Crippen LogP contribution >= 0.6 is 0 Å². The van der Waals surface area contributed by atoms with Crippen molar-refractivity contribution in [3.05, 3.63) is 62.7 Å². The molecule has 13 nitrogen and oxygen atoms in total. The Kier molecular flexibility index (Phi) is 3.67. The van der Waals surface area contributed by atoms with Gasteiger partial charge in [0.05, 0.1) is 15.9 Å². The number of H-pyrrole nitrogens is 1. The molecule has 5 rings (SSSR count). The predicted octanol–water partition coefficient (Wildman–Crippen LogP) is 4.48. The minimum atomic E-state index is -0.752. The van der Waals surface area contributed by atoms with Crippen molar-refractivity contribution in [3.63, 3.8) is 0 Å². The molecule has 30 heavy (non-hydrogen) atoms. The summed E-state index contributed by atoms with van der Waals surface area (Å²) in [6, 6.07) is 10.4. The lowest BCUT2D eigenvalue weighted by atomic mass is 10.2. The van der Waals surface area contributed by atoms with Gasteiger partial charge in [-0.25, -0.2) is 9.97 Å². The van der Waals surface area contributed by atoms with E-state index in [1.165, 1.54) is 6.07 Å². The first-order chi connectivity index (χ1) is 14.5. The number of aromatic amines is 1. The van der Waals surface area contributed by atoms with Crippen LogP contribution in [-0.2, 0) is 0 Å². The molecule has 13 heteroatoms. The largest absolute Gasteiger partial charge is 0.303 e. The zero-order valence-corrected chi connectivity index (χ0v) is 14.7. The summed E-state index contributed by atoms with van der Waals surface area (Å²) in [4.78, 5) is 29.6. The third kappa shape index (κ3) is 2.61. The van der Waals surface area contributed by atoms with Gasteiger partial charge in [0.15, 0.2) is 5.69 Å². The van der Waals surface area contributed by atoms with E-state index >= 15 is 0 Å². The lowest BCUT2D eigenvalue weighted by Gasteiger charge is -1.97. The van der Waals surface area contributed by atoms with Gasteiger partial charge in [-0.05, 0) is 11.2 Å². The zero-order chi connectivity index (χ0) is 20.8. The molecule has 0 aliphatic heterocycles. The molecule has 0 aliphatic rings. The molecule has 0 saturated heterocycles. The monoisotopic (exact) mass is 404 g/mol. The summed E-state index contributed by atoms with van der Waals surface area (Å²) < 4.78 is 4.78. The first-order valence-corrected chi connectivity index (χ1v) is 8.39. The number of nitro benzene ring substituents is 2. The molecule has 2 aromatic heterocycles. The standard InChI is InChI=1S/C17H8N8O5/c26-24(27)8-5-6-11(12(7-8)25(28)29)20-21-14-10-4-2-1-3-9(10)13-15(14)19-17-16(18-13)22-30-23-17/h1-7H,(H,19,23). The predicted molar refractivity (Wildman–Crippen MR) is 103 cm³/mol. The lowest BCUT2D eigenvalue weighted by Crippen LogP contribution is -1.92. The number of fused-ring (bicyclic) bond motifs is 4. The van der Waals surface area contributed by atoms with Crippen LogP contribution in [0, 0.1) is 20.2 Å². The maximum atomic E-state index is 11.3. The van der Waals surface area contributed by atoms with Crippen LogP contribution in [0.25, 0.3) is 33.1 Å². The van der Waals surface area contributed by atoms with Crippen molar-refractivity contribution in [2.24, 2.45) is 10.2 Å². The van der Waals surface area contributed by atoms with E-state index in [0.29, 0.717) is 27.8 Å². The number of hydrogen-bond donors (Lipinski definition) is 1. The van der Waals surface area contributed by atoms with Gasteiger partial charge in [-0.15, -0.1) is 10.2 Å². The number of nitrogens with zero attached hydrogens (tertiary/aromatic N) is 7. The van der Waals surface area contributed by atoms with Crippen LogP contribution in [0.5, 0.6) is 0 Å². The minimum absolute atomic E-state index is 0.130. The van der Waals surface area contributed by atoms with Crippen molar-refractivity contribution in [2.75, 3.05) is 0 Å². The highest BCUT2D eigenvalue weighted by Crippen LogP contribution is 2.40. The van der Waals surface area contributed by atoms with E-state index in [2.05, 4.69) is 30.5 Å². The van der Waals surface area contributed by atoms with Crippen LogP contribution in [0.1, 0.15) is 0 Å². The fourth-order valence-electron chi connectivity index (χ4n) is 3.11. The van der Waals surface area contributed by atoms with Gasteiger partial charge in [0.2, 0.25) is 11.3 Å². The maximum Gasteiger partial charge on any atom is 0.303 e. The second-order valence-electron chi connectivity index (χ2n) is 6.16. The molecular formula is C17H8N8O5. The fraction of sp³-hybridized carbons (Fsp3) is 0. The summed E-state index contributed by atoms with van der Waals surface area (Å²) in [7, 11) is 0. The summed E-state index contributed by atoms with van der Waals surface area (Å²) in [5.74, 6) is 0. The van der Waals surface area contributed by atoms with E-state index in [0.717, 1.165) is 17.5 Å². The molecule has 0 bridgehead atoms. The van der Waals surface area contributed by atoms with Gasteiger partial charge in [0, 0.05) is 16.8 Å². The zero-order valence-electron chi connectivity index (χ0n) is 14.7. The Hall–Kier alpha value is -4.81. The molecule has 0 aliphatic carbocycles. The maximum absolute atomic E-state index is 11.3. The van der Waals surface area contributed by atoms with Gasteiger partial charge in [0.25, 0.3) is 5.69 Å². The summed E-state index contributed by atoms with van der Waals surface area (Å²) in [5, 5.41) is 38.1. The molecule has 0 spiro atoms. The van der Waals surface area contributed by atoms with Crippen LogP contribution in [-0.4, -0.2) is 30.1 Å². The van der Waals surface area contributed by atoms with Gasteiger partial charge >= 0.3 is 5.69 Å². The van der Waals surface area contributed by atoms with Crippen molar-refractivity contribution >= 4 is 55.8 Å². The second-order valence-corrected chi connectivity index (χ2v) is 6.16. The van der Waals surface area contributed by atoms with Crippen LogP contribution in [0.2, 0.25) is 0 Å². The van der Waals surface area contributed by atoms with E-state index in [9.17, 15) is 20.2 Å². The first-order valence-electron chi connectivity index (χ1n) is 8.39. The molecule has 0 unspecified atom stereocenters. The average Bonchev–Trinajstić information content (AvgIpc) is 3.32. The Morgan fingerprint density at radius 2 is 1.73 bits per heavy atom. The smallest absolute Gasteiger partial charge is 0.267 e. The number of hydrogen-bond acceptors (Lipinski definition) is 10. The minimum Gasteiger partial charge on any atom is -0.267 e. The van der Waals surface area contributed by atoms with Gasteiger partial charge < -0.3 is 0 Å². The lowest BCUT2D eigenvalue weighted by molar-refractivity contribution is -0.393. The number of nitro groups is 2. The van der Waals surface area contributed by atoms with Crippen LogP contribution in [0.3, 0.4) is 0 Å². The van der Waals surface area contributed by atoms with Crippen molar-refractivity contribution in [2.45, 2.75) is 0 Å². The highest BCUT2D eigenvalue weighted by Gasteiger charge is 2.21. The number of non-ortho nitro benzene ring substituents is 1. The van der Waals surface area contributed by atoms with Gasteiger partial charge in [-0.2, -0.15) is 5.16 Å². The molecule has 0 radical (unpaired) electrons. The number of aromatic nitrogens is 4. The third-order valence-corrected chi connectivity index (χ3v) is 4.44. The number of azo groups is 1. The molecule has 2 heterocycles. The molecule has 0 saturated carbocycles. The normalized spacial score (nSPS) is 11.7. The van der Waals surface area contributed by atoms with E-state index in [1.54, 1.807) is 12.1 Å². The van der Waals surface area contributed by atoms with Crippen molar-refractivity contribution in [3.8, 4) is 0 Å². The van der Waals surface area contributed by atoms with Gasteiger partial charge in [0.1, 0.15) is 16.7 Å². The molecule has 0 atom stereocenters. The average molecular weight is 404 g/mol. The Bertz CT molecular complexity index is 1520. The Morgan fingerprint density at radius 1 is 0.933 bits per heavy atom. The third-order valence-electron chi connectivity index (χ3n) is 4.44. The van der Waals surface area contributed by atoms with E-state index in [-0.39, 0.29) is 11.3 Å². The molecule has 5 aromatic rings. The molecule has 0 amide bonds. The SMILES string of the molecule is O=[N+]([O-])c1ccc(N=Nc2c3ccccc3c3nc4no[nH]c4nc23)c([N+](=O)[O-])c1. The number of benzene rings is 2. The summed E-state index contributed by atoms with van der Waals surface area (Å²) >= 11 is 0. The molecular weight excluding hydrogens is 396 g/mol. The first kappa shape index (κ1) is 17.3. The Labute approximate surface area is 164 Å². The number of rotatable bonds is 4. The Morgan fingerprint density at radius 3 is 2.50 bits per heavy atom. The van der Waals surface area contributed by atoms with E-state index in [1.807, 2.05) is 12.1 Å². The van der Waals surface area contributed by atoms with Gasteiger partial charge in [-0.3, -0.25) is 24.9 Å². The van der Waals surface area contributed by atoms with Gasteiger partial charge in [-0.1, -0.05) is 24.3 Å². The quantitative estimate of drug-likeness (QED) is 0.258. The Balaban J connectivity index is 1.72.